The molecule has 1 heterocycles. The molecule has 1 aromatic heterocycles. The van der Waals surface area contributed by atoms with E-state index in [4.69, 9.17) is 11.6 Å². The summed E-state index contributed by atoms with van der Waals surface area (Å²) in [5, 5.41) is 11.0. The maximum absolute atomic E-state index is 12.9. The molecule has 31 heavy (non-hydrogen) atoms. The van der Waals surface area contributed by atoms with E-state index in [1.54, 1.807) is 28.9 Å². The lowest BCUT2D eigenvalue weighted by Gasteiger charge is -2.20. The lowest BCUT2D eigenvalue weighted by Crippen LogP contribution is -2.40. The average Bonchev–Trinajstić information content (AvgIpc) is 2.96. The number of hydrogen-bond donors (Lipinski definition) is 2. The second kappa shape index (κ2) is 8.94. The molecule has 0 spiro atoms. The molecular formula is C24H27ClN4O2. The Hall–Kier alpha value is -3.12. The molecule has 0 radical (unpaired) electrons. The van der Waals surface area contributed by atoms with Crippen LogP contribution in [0.25, 0.3) is 0 Å². The Labute approximate surface area is 187 Å². The molecule has 0 bridgehead atoms. The van der Waals surface area contributed by atoms with Crippen molar-refractivity contribution < 1.29 is 9.59 Å². The summed E-state index contributed by atoms with van der Waals surface area (Å²) in [6.45, 7) is 9.94. The first kappa shape index (κ1) is 22.6. The van der Waals surface area contributed by atoms with Crippen LogP contribution in [0.5, 0.6) is 0 Å². The number of hydrogen-bond acceptors (Lipinski definition) is 3. The van der Waals surface area contributed by atoms with Crippen molar-refractivity contribution in [2.75, 3.05) is 5.32 Å². The van der Waals surface area contributed by atoms with Gasteiger partial charge in [0.2, 0.25) is 0 Å². The number of aryl methyl sites for hydroxylation is 1. The molecule has 2 N–H and O–H groups in total. The highest BCUT2D eigenvalue weighted by atomic mass is 35.5. The number of nitrogens with zero attached hydrogens (tertiary/aromatic N) is 2. The van der Waals surface area contributed by atoms with Gasteiger partial charge in [0.1, 0.15) is 0 Å². The monoisotopic (exact) mass is 438 g/mol. The van der Waals surface area contributed by atoms with E-state index in [1.165, 1.54) is 0 Å². The van der Waals surface area contributed by atoms with Gasteiger partial charge in [-0.2, -0.15) is 5.10 Å². The summed E-state index contributed by atoms with van der Waals surface area (Å²) in [7, 11) is 0. The summed E-state index contributed by atoms with van der Waals surface area (Å²) in [5.41, 5.74) is 3.69. The van der Waals surface area contributed by atoms with Crippen LogP contribution in [-0.4, -0.2) is 27.1 Å². The Morgan fingerprint density at radius 2 is 1.65 bits per heavy atom. The fourth-order valence-corrected chi connectivity index (χ4v) is 3.47. The summed E-state index contributed by atoms with van der Waals surface area (Å²) in [6.07, 6.45) is 0. The third-order valence-corrected chi connectivity index (χ3v) is 5.15. The number of carbonyl (C=O) groups is 2. The van der Waals surface area contributed by atoms with Crippen LogP contribution in [0, 0.1) is 13.8 Å². The van der Waals surface area contributed by atoms with Crippen molar-refractivity contribution in [3.8, 4) is 0 Å². The fourth-order valence-electron chi connectivity index (χ4n) is 3.28. The summed E-state index contributed by atoms with van der Waals surface area (Å²) in [5.74, 6) is -0.398. The van der Waals surface area contributed by atoms with Crippen molar-refractivity contribution in [3.05, 3.63) is 81.6 Å². The predicted octanol–water partition coefficient (Wildman–Crippen LogP) is 4.98. The maximum Gasteiger partial charge on any atom is 0.259 e. The number of halogens is 1. The lowest BCUT2D eigenvalue weighted by atomic mass is 10.1. The van der Waals surface area contributed by atoms with Crippen molar-refractivity contribution >= 4 is 29.1 Å². The van der Waals surface area contributed by atoms with Crippen LogP contribution >= 0.6 is 11.6 Å². The molecule has 2 aromatic carbocycles. The van der Waals surface area contributed by atoms with Gasteiger partial charge < -0.3 is 10.6 Å². The lowest BCUT2D eigenvalue weighted by molar-refractivity contribution is 0.0919. The maximum atomic E-state index is 12.9. The Morgan fingerprint density at radius 3 is 2.26 bits per heavy atom. The first-order chi connectivity index (χ1) is 14.5. The van der Waals surface area contributed by atoms with Crippen molar-refractivity contribution in [2.45, 2.75) is 46.7 Å². The summed E-state index contributed by atoms with van der Waals surface area (Å²) >= 11 is 6.26. The summed E-state index contributed by atoms with van der Waals surface area (Å²) < 4.78 is 1.78. The summed E-state index contributed by atoms with van der Waals surface area (Å²) in [6, 6.07) is 14.4. The van der Waals surface area contributed by atoms with Gasteiger partial charge in [0.05, 0.1) is 17.8 Å². The van der Waals surface area contributed by atoms with Crippen LogP contribution in [0.4, 0.5) is 5.69 Å². The quantitative estimate of drug-likeness (QED) is 0.589. The normalized spacial score (nSPS) is 11.3. The standard InChI is InChI=1S/C24H27ClN4O2/c1-15-21(16(2)29(28-15)14-18-8-6-7-9-20(18)25)23(31)26-19-12-10-17(11-13-19)22(30)27-24(3,4)5/h6-13H,14H2,1-5H3,(H,26,31)(H,27,30). The molecule has 6 nitrogen and oxygen atoms in total. The zero-order chi connectivity index (χ0) is 22.8. The van der Waals surface area contributed by atoms with E-state index in [2.05, 4.69) is 15.7 Å². The zero-order valence-corrected chi connectivity index (χ0v) is 19.2. The van der Waals surface area contributed by atoms with Crippen LogP contribution in [0.1, 0.15) is 58.4 Å². The van der Waals surface area contributed by atoms with E-state index in [9.17, 15) is 9.59 Å². The van der Waals surface area contributed by atoms with Crippen molar-refractivity contribution in [2.24, 2.45) is 0 Å². The highest BCUT2D eigenvalue weighted by Gasteiger charge is 2.20. The van der Waals surface area contributed by atoms with E-state index in [1.807, 2.05) is 58.9 Å². The average molecular weight is 439 g/mol. The molecule has 0 aliphatic heterocycles. The Bertz CT molecular complexity index is 1110. The number of benzene rings is 2. The molecular weight excluding hydrogens is 412 g/mol. The third kappa shape index (κ3) is 5.52. The highest BCUT2D eigenvalue weighted by molar-refractivity contribution is 6.31. The van der Waals surface area contributed by atoms with Gasteiger partial charge in [0, 0.05) is 27.5 Å². The van der Waals surface area contributed by atoms with Gasteiger partial charge in [0.15, 0.2) is 0 Å². The van der Waals surface area contributed by atoms with E-state index < -0.39 is 0 Å². The number of nitrogens with one attached hydrogen (secondary N) is 2. The van der Waals surface area contributed by atoms with Gasteiger partial charge in [-0.25, -0.2) is 0 Å². The first-order valence-electron chi connectivity index (χ1n) is 10.1. The van der Waals surface area contributed by atoms with Gasteiger partial charge >= 0.3 is 0 Å². The Balaban J connectivity index is 1.74. The highest BCUT2D eigenvalue weighted by Crippen LogP contribution is 2.21. The SMILES string of the molecule is Cc1nn(Cc2ccccc2Cl)c(C)c1C(=O)Nc1ccc(C(=O)NC(C)(C)C)cc1. The Kier molecular flexibility index (Phi) is 6.51. The first-order valence-corrected chi connectivity index (χ1v) is 10.4. The zero-order valence-electron chi connectivity index (χ0n) is 18.4. The minimum atomic E-state index is -0.316. The molecule has 0 aliphatic carbocycles. The smallest absolute Gasteiger partial charge is 0.259 e. The molecule has 3 rings (SSSR count). The van der Waals surface area contributed by atoms with E-state index in [0.29, 0.717) is 34.1 Å². The summed E-state index contributed by atoms with van der Waals surface area (Å²) in [4.78, 5) is 25.2. The molecule has 162 valence electrons. The second-order valence-corrected chi connectivity index (χ2v) is 8.94. The number of anilines is 1. The van der Waals surface area contributed by atoms with Crippen molar-refractivity contribution in [1.29, 1.82) is 0 Å². The van der Waals surface area contributed by atoms with Crippen molar-refractivity contribution in [1.82, 2.24) is 15.1 Å². The minimum Gasteiger partial charge on any atom is -0.347 e. The number of rotatable bonds is 5. The molecule has 2 amide bonds. The van der Waals surface area contributed by atoms with Gasteiger partial charge in [-0.3, -0.25) is 14.3 Å². The Morgan fingerprint density at radius 1 is 1.00 bits per heavy atom. The van der Waals surface area contributed by atoms with Crippen LogP contribution in [0.2, 0.25) is 5.02 Å². The molecule has 3 aromatic rings. The van der Waals surface area contributed by atoms with Crippen LogP contribution < -0.4 is 10.6 Å². The van der Waals surface area contributed by atoms with E-state index in [0.717, 1.165) is 11.3 Å². The number of aromatic nitrogens is 2. The molecule has 0 atom stereocenters. The topological polar surface area (TPSA) is 76.0 Å². The van der Waals surface area contributed by atoms with Gasteiger partial charge in [-0.1, -0.05) is 29.8 Å². The van der Waals surface area contributed by atoms with Gasteiger partial charge in [-0.15, -0.1) is 0 Å². The molecule has 0 saturated heterocycles. The second-order valence-electron chi connectivity index (χ2n) is 8.53. The molecule has 0 unspecified atom stereocenters. The molecule has 7 heteroatoms. The fraction of sp³-hybridized carbons (Fsp3) is 0.292. The van der Waals surface area contributed by atoms with Crippen molar-refractivity contribution in [3.63, 3.8) is 0 Å². The van der Waals surface area contributed by atoms with Crippen LogP contribution in [0.15, 0.2) is 48.5 Å². The molecule has 0 saturated carbocycles. The van der Waals surface area contributed by atoms with Crippen LogP contribution in [0.3, 0.4) is 0 Å². The molecule has 0 aliphatic rings. The van der Waals surface area contributed by atoms with Gasteiger partial charge in [0.25, 0.3) is 11.8 Å². The molecule has 0 fully saturated rings. The predicted molar refractivity (Wildman–Crippen MR) is 124 cm³/mol. The third-order valence-electron chi connectivity index (χ3n) is 4.78. The minimum absolute atomic E-state index is 0.155. The largest absolute Gasteiger partial charge is 0.347 e. The van der Waals surface area contributed by atoms with E-state index >= 15 is 0 Å². The van der Waals surface area contributed by atoms with Crippen LogP contribution in [-0.2, 0) is 6.54 Å². The number of amides is 2. The number of carbonyl (C=O) groups excluding carboxylic acids is 2. The van der Waals surface area contributed by atoms with E-state index in [-0.39, 0.29) is 17.4 Å². The van der Waals surface area contributed by atoms with Gasteiger partial charge in [-0.05, 0) is 70.5 Å².